The van der Waals surface area contributed by atoms with Gasteiger partial charge in [0.15, 0.2) is 0 Å². The third-order valence-corrected chi connectivity index (χ3v) is 6.63. The first kappa shape index (κ1) is 20.4. The van der Waals surface area contributed by atoms with Crippen LogP contribution in [0.5, 0.6) is 0 Å². The first-order valence-corrected chi connectivity index (χ1v) is 11.7. The van der Waals surface area contributed by atoms with E-state index in [1.54, 1.807) is 23.1 Å². The molecule has 4 rings (SSSR count). The minimum Gasteiger partial charge on any atom is -0.326 e. The Labute approximate surface area is 185 Å². The zero-order valence-corrected chi connectivity index (χ0v) is 18.5. The lowest BCUT2D eigenvalue weighted by molar-refractivity contribution is -0.115. The first-order valence-electron chi connectivity index (χ1n) is 9.68. The molecule has 0 radical (unpaired) electrons. The summed E-state index contributed by atoms with van der Waals surface area (Å²) in [5, 5.41) is 3.94. The van der Waals surface area contributed by atoms with Gasteiger partial charge in [-0.2, -0.15) is 0 Å². The number of thioether (sulfide) groups is 1. The molecule has 0 aliphatic carbocycles. The molecule has 5 heteroatoms. The Morgan fingerprint density at radius 2 is 1.73 bits per heavy atom. The smallest absolute Gasteiger partial charge is 0.230 e. The molecule has 4 aromatic rings. The van der Waals surface area contributed by atoms with Gasteiger partial charge in [0.25, 0.3) is 0 Å². The van der Waals surface area contributed by atoms with Crippen molar-refractivity contribution >= 4 is 34.7 Å². The highest BCUT2D eigenvalue weighted by atomic mass is 32.2. The van der Waals surface area contributed by atoms with Crippen LogP contribution < -0.4 is 5.32 Å². The van der Waals surface area contributed by atoms with Gasteiger partial charge >= 0.3 is 0 Å². The molecule has 1 aromatic heterocycles. The number of aromatic nitrogens is 1. The summed E-state index contributed by atoms with van der Waals surface area (Å²) in [6.07, 6.45) is 2.26. The molecule has 0 saturated carbocycles. The molecule has 1 heterocycles. The fourth-order valence-electron chi connectivity index (χ4n) is 3.16. The standard InChI is InChI=1S/C25H22N2OS2/c1-17-11-13-18(14-12-17)24-22(27-25(30-24)19-7-4-3-5-8-19)16-23(28)26-20-9-6-10-21(15-20)29-2/h3-15H,16H2,1-2H3,(H,26,28). The van der Waals surface area contributed by atoms with Crippen molar-refractivity contribution in [3.8, 4) is 21.0 Å². The van der Waals surface area contributed by atoms with Crippen molar-refractivity contribution in [3.05, 3.63) is 90.1 Å². The van der Waals surface area contributed by atoms with E-state index in [0.717, 1.165) is 37.3 Å². The van der Waals surface area contributed by atoms with Crippen molar-refractivity contribution in [1.29, 1.82) is 0 Å². The van der Waals surface area contributed by atoms with Crippen LogP contribution in [0.2, 0.25) is 0 Å². The number of anilines is 1. The second kappa shape index (κ2) is 9.28. The molecule has 0 atom stereocenters. The molecular formula is C25H22N2OS2. The molecule has 1 amide bonds. The number of carbonyl (C=O) groups is 1. The predicted molar refractivity (Wildman–Crippen MR) is 128 cm³/mol. The van der Waals surface area contributed by atoms with Gasteiger partial charge in [-0.15, -0.1) is 23.1 Å². The summed E-state index contributed by atoms with van der Waals surface area (Å²) in [6, 6.07) is 26.4. The molecule has 150 valence electrons. The predicted octanol–water partition coefficient (Wildman–Crippen LogP) is 6.69. The zero-order valence-electron chi connectivity index (χ0n) is 16.9. The fraction of sp³-hybridized carbons (Fsp3) is 0.120. The van der Waals surface area contributed by atoms with Crippen molar-refractivity contribution in [2.75, 3.05) is 11.6 Å². The van der Waals surface area contributed by atoms with Crippen LogP contribution in [0.25, 0.3) is 21.0 Å². The van der Waals surface area contributed by atoms with Crippen LogP contribution in [0, 0.1) is 6.92 Å². The van der Waals surface area contributed by atoms with E-state index in [4.69, 9.17) is 4.98 Å². The molecule has 3 aromatic carbocycles. The van der Waals surface area contributed by atoms with Gasteiger partial charge in [0, 0.05) is 16.1 Å². The van der Waals surface area contributed by atoms with E-state index in [0.29, 0.717) is 0 Å². The largest absolute Gasteiger partial charge is 0.326 e. The average molecular weight is 431 g/mol. The number of carbonyl (C=O) groups excluding carboxylic acids is 1. The van der Waals surface area contributed by atoms with E-state index in [-0.39, 0.29) is 12.3 Å². The van der Waals surface area contributed by atoms with E-state index in [2.05, 4.69) is 48.6 Å². The Kier molecular flexibility index (Phi) is 6.31. The van der Waals surface area contributed by atoms with Crippen LogP contribution in [-0.4, -0.2) is 17.1 Å². The van der Waals surface area contributed by atoms with E-state index in [9.17, 15) is 4.79 Å². The van der Waals surface area contributed by atoms with Crippen molar-refractivity contribution in [2.24, 2.45) is 0 Å². The number of thiazole rings is 1. The maximum Gasteiger partial charge on any atom is 0.230 e. The van der Waals surface area contributed by atoms with Crippen molar-refractivity contribution < 1.29 is 4.79 Å². The molecule has 0 unspecified atom stereocenters. The Morgan fingerprint density at radius 1 is 0.967 bits per heavy atom. The normalized spacial score (nSPS) is 10.7. The molecule has 0 bridgehead atoms. The number of nitrogens with zero attached hydrogens (tertiary/aromatic N) is 1. The minimum atomic E-state index is -0.0634. The first-order chi connectivity index (χ1) is 14.6. The topological polar surface area (TPSA) is 42.0 Å². The van der Waals surface area contributed by atoms with Gasteiger partial charge in [-0.3, -0.25) is 4.79 Å². The van der Waals surface area contributed by atoms with Gasteiger partial charge in [0.2, 0.25) is 5.91 Å². The van der Waals surface area contributed by atoms with Crippen molar-refractivity contribution in [1.82, 2.24) is 4.98 Å². The third kappa shape index (κ3) is 4.81. The Balaban J connectivity index is 1.64. The van der Waals surface area contributed by atoms with E-state index < -0.39 is 0 Å². The number of amides is 1. The Bertz CT molecular complexity index is 1150. The number of benzene rings is 3. The van der Waals surface area contributed by atoms with E-state index >= 15 is 0 Å². The Morgan fingerprint density at radius 3 is 2.47 bits per heavy atom. The maximum atomic E-state index is 12.8. The average Bonchev–Trinajstić information content (AvgIpc) is 3.18. The van der Waals surface area contributed by atoms with Crippen LogP contribution in [0.3, 0.4) is 0 Å². The monoisotopic (exact) mass is 430 g/mol. The van der Waals surface area contributed by atoms with Crippen LogP contribution in [0.4, 0.5) is 5.69 Å². The molecule has 30 heavy (non-hydrogen) atoms. The number of rotatable bonds is 6. The molecule has 0 spiro atoms. The summed E-state index contributed by atoms with van der Waals surface area (Å²) in [5.41, 5.74) is 4.98. The van der Waals surface area contributed by atoms with E-state index in [1.165, 1.54) is 5.56 Å². The van der Waals surface area contributed by atoms with Crippen molar-refractivity contribution in [3.63, 3.8) is 0 Å². The number of hydrogen-bond donors (Lipinski definition) is 1. The number of nitrogens with one attached hydrogen (secondary N) is 1. The Hall–Kier alpha value is -2.89. The van der Waals surface area contributed by atoms with Crippen molar-refractivity contribution in [2.45, 2.75) is 18.2 Å². The van der Waals surface area contributed by atoms with Gasteiger partial charge < -0.3 is 5.32 Å². The molecule has 0 aliphatic heterocycles. The maximum absolute atomic E-state index is 12.8. The number of hydrogen-bond acceptors (Lipinski definition) is 4. The van der Waals surface area contributed by atoms with Gasteiger partial charge in [0.1, 0.15) is 5.01 Å². The van der Waals surface area contributed by atoms with Crippen LogP contribution in [-0.2, 0) is 11.2 Å². The molecule has 3 nitrogen and oxygen atoms in total. The highest BCUT2D eigenvalue weighted by molar-refractivity contribution is 7.98. The van der Waals surface area contributed by atoms with Crippen LogP contribution in [0.1, 0.15) is 11.3 Å². The molecular weight excluding hydrogens is 408 g/mol. The summed E-state index contributed by atoms with van der Waals surface area (Å²) < 4.78 is 0. The van der Waals surface area contributed by atoms with Gasteiger partial charge in [0.05, 0.1) is 17.0 Å². The summed E-state index contributed by atoms with van der Waals surface area (Å²) in [4.78, 5) is 19.8. The van der Waals surface area contributed by atoms with Crippen LogP contribution in [0.15, 0.2) is 83.8 Å². The second-order valence-corrected chi connectivity index (χ2v) is 8.86. The zero-order chi connectivity index (χ0) is 20.9. The lowest BCUT2D eigenvalue weighted by Gasteiger charge is -2.07. The van der Waals surface area contributed by atoms with Crippen LogP contribution >= 0.6 is 23.1 Å². The summed E-state index contributed by atoms with van der Waals surface area (Å²) in [7, 11) is 0. The second-order valence-electron chi connectivity index (χ2n) is 6.98. The van der Waals surface area contributed by atoms with Gasteiger partial charge in [-0.25, -0.2) is 4.98 Å². The summed E-state index contributed by atoms with van der Waals surface area (Å²) in [6.45, 7) is 2.07. The minimum absolute atomic E-state index is 0.0634. The van der Waals surface area contributed by atoms with Gasteiger partial charge in [-0.05, 0) is 36.9 Å². The highest BCUT2D eigenvalue weighted by Gasteiger charge is 2.17. The molecule has 0 fully saturated rings. The van der Waals surface area contributed by atoms with E-state index in [1.807, 2.05) is 48.7 Å². The SMILES string of the molecule is CSc1cccc(NC(=O)Cc2nc(-c3ccccc3)sc2-c2ccc(C)cc2)c1. The lowest BCUT2D eigenvalue weighted by Crippen LogP contribution is -2.15. The molecule has 1 N–H and O–H groups in total. The van der Waals surface area contributed by atoms with Gasteiger partial charge in [-0.1, -0.05) is 66.2 Å². The highest BCUT2D eigenvalue weighted by Crippen LogP contribution is 2.36. The molecule has 0 aliphatic rings. The summed E-state index contributed by atoms with van der Waals surface area (Å²) >= 11 is 3.29. The fourth-order valence-corrected chi connectivity index (χ4v) is 4.72. The summed E-state index contributed by atoms with van der Waals surface area (Å²) in [5.74, 6) is -0.0634. The molecule has 0 saturated heterocycles. The third-order valence-electron chi connectivity index (χ3n) is 4.71. The number of aryl methyl sites for hydroxylation is 1. The quantitative estimate of drug-likeness (QED) is 0.347. The lowest BCUT2D eigenvalue weighted by atomic mass is 10.1.